The van der Waals surface area contributed by atoms with E-state index in [1.54, 1.807) is 12.1 Å². The van der Waals surface area contributed by atoms with Crippen LogP contribution in [0.5, 0.6) is 0 Å². The lowest BCUT2D eigenvalue weighted by atomic mass is 9.99. The van der Waals surface area contributed by atoms with E-state index in [0.717, 1.165) is 20.7 Å². The van der Waals surface area contributed by atoms with Crippen molar-refractivity contribution >= 4 is 45.6 Å². The molecule has 0 fully saturated rings. The average Bonchev–Trinajstić information content (AvgIpc) is 3.29. The van der Waals surface area contributed by atoms with E-state index in [9.17, 15) is 9.59 Å². The second-order valence-electron chi connectivity index (χ2n) is 6.44. The molecule has 3 aromatic rings. The molecule has 28 heavy (non-hydrogen) atoms. The molecule has 0 bridgehead atoms. The van der Waals surface area contributed by atoms with Gasteiger partial charge in [0.15, 0.2) is 10.1 Å². The normalized spacial score (nSPS) is 15.2. The second-order valence-corrected chi connectivity index (χ2v) is 8.64. The Morgan fingerprint density at radius 2 is 2.04 bits per heavy atom. The number of anilines is 2. The van der Waals surface area contributed by atoms with Crippen molar-refractivity contribution in [1.82, 2.24) is 10.2 Å². The van der Waals surface area contributed by atoms with Gasteiger partial charge in [0, 0.05) is 17.8 Å². The van der Waals surface area contributed by atoms with E-state index in [1.807, 2.05) is 43.3 Å². The average molecular weight is 411 g/mol. The van der Waals surface area contributed by atoms with Gasteiger partial charge < -0.3 is 10.6 Å². The van der Waals surface area contributed by atoms with Gasteiger partial charge in [0.1, 0.15) is 0 Å². The number of thioether (sulfide) groups is 1. The van der Waals surface area contributed by atoms with Crippen LogP contribution in [-0.2, 0) is 11.3 Å². The van der Waals surface area contributed by atoms with E-state index in [2.05, 4.69) is 20.8 Å². The van der Waals surface area contributed by atoms with Crippen LogP contribution in [0.2, 0.25) is 0 Å². The first-order chi connectivity index (χ1) is 13.6. The molecular formula is C20H18N4O2S2. The predicted molar refractivity (Wildman–Crippen MR) is 112 cm³/mol. The maximum absolute atomic E-state index is 12.5. The minimum absolute atomic E-state index is 0.00773. The van der Waals surface area contributed by atoms with Gasteiger partial charge in [-0.3, -0.25) is 9.59 Å². The summed E-state index contributed by atoms with van der Waals surface area (Å²) in [6, 6.07) is 15.4. The Labute approximate surface area is 170 Å². The summed E-state index contributed by atoms with van der Waals surface area (Å²) in [5.41, 5.74) is 3.45. The summed E-state index contributed by atoms with van der Waals surface area (Å²) in [7, 11) is 0. The second kappa shape index (κ2) is 8.12. The van der Waals surface area contributed by atoms with Crippen LogP contribution in [0.25, 0.3) is 0 Å². The van der Waals surface area contributed by atoms with Gasteiger partial charge in [0.2, 0.25) is 11.0 Å². The fraction of sp³-hybridized carbons (Fsp3) is 0.200. The quantitative estimate of drug-likeness (QED) is 0.449. The Morgan fingerprint density at radius 1 is 1.21 bits per heavy atom. The van der Waals surface area contributed by atoms with Gasteiger partial charge in [0.25, 0.3) is 0 Å². The molecule has 2 N–H and O–H groups in total. The number of ketones is 1. The third-order valence-corrected chi connectivity index (χ3v) is 6.53. The highest BCUT2D eigenvalue weighted by atomic mass is 32.2. The minimum Gasteiger partial charge on any atom is -0.356 e. The van der Waals surface area contributed by atoms with E-state index >= 15 is 0 Å². The van der Waals surface area contributed by atoms with Crippen LogP contribution >= 0.6 is 23.1 Å². The van der Waals surface area contributed by atoms with Gasteiger partial charge in [-0.2, -0.15) is 0 Å². The number of carbonyl (C=O) groups is 2. The molecule has 4 rings (SSSR count). The van der Waals surface area contributed by atoms with Gasteiger partial charge >= 0.3 is 0 Å². The van der Waals surface area contributed by atoms with E-state index in [1.165, 1.54) is 28.7 Å². The number of nitrogens with one attached hydrogen (secondary N) is 2. The van der Waals surface area contributed by atoms with Crippen LogP contribution in [0.3, 0.4) is 0 Å². The van der Waals surface area contributed by atoms with E-state index in [4.69, 9.17) is 0 Å². The van der Waals surface area contributed by atoms with Crippen LogP contribution in [0.15, 0.2) is 52.9 Å². The van der Waals surface area contributed by atoms with E-state index < -0.39 is 0 Å². The van der Waals surface area contributed by atoms with Crippen LogP contribution in [0.4, 0.5) is 10.8 Å². The maximum atomic E-state index is 12.5. The molecule has 0 unspecified atom stereocenters. The Balaban J connectivity index is 1.33. The lowest BCUT2D eigenvalue weighted by Crippen LogP contribution is -2.08. The van der Waals surface area contributed by atoms with Gasteiger partial charge in [0.05, 0.1) is 11.7 Å². The maximum Gasteiger partial charge on any atom is 0.231 e. The van der Waals surface area contributed by atoms with Crippen molar-refractivity contribution in [2.75, 3.05) is 16.4 Å². The Kier molecular flexibility index (Phi) is 5.40. The highest BCUT2D eigenvalue weighted by Crippen LogP contribution is 2.33. The minimum atomic E-state index is -0.225. The first-order valence-corrected chi connectivity index (χ1v) is 10.6. The molecule has 0 spiro atoms. The first-order valence-electron chi connectivity index (χ1n) is 8.82. The fourth-order valence-corrected chi connectivity index (χ4v) is 4.56. The van der Waals surface area contributed by atoms with Gasteiger partial charge in [-0.25, -0.2) is 0 Å². The number of amides is 1. The molecule has 2 heterocycles. The molecule has 6 nitrogen and oxygen atoms in total. The molecule has 8 heteroatoms. The van der Waals surface area contributed by atoms with Crippen LogP contribution in [0, 0.1) is 0 Å². The van der Waals surface area contributed by atoms with Crippen molar-refractivity contribution in [3.8, 4) is 0 Å². The summed E-state index contributed by atoms with van der Waals surface area (Å²) >= 11 is 2.81. The van der Waals surface area contributed by atoms with Crippen LogP contribution < -0.4 is 10.6 Å². The number of Topliss-reactive ketones (excluding diaryl/α,β-unsaturated/α-hetero) is 1. The standard InChI is InChI=1S/C20H18N4O2S2/c1-12-15-9-14(7-8-16(15)22-18(12)26)17(25)11-27-20-24-23-19(28-20)21-10-13-5-3-2-4-6-13/h2-9,12H,10-11H2,1H3,(H,21,23)(H,22,26)/t12-/m1/s1. The van der Waals surface area contributed by atoms with Gasteiger partial charge in [-0.1, -0.05) is 53.4 Å². The Morgan fingerprint density at radius 3 is 2.86 bits per heavy atom. The predicted octanol–water partition coefficient (Wildman–Crippen LogP) is 4.18. The van der Waals surface area contributed by atoms with Crippen molar-refractivity contribution in [1.29, 1.82) is 0 Å². The lowest BCUT2D eigenvalue weighted by molar-refractivity contribution is -0.116. The summed E-state index contributed by atoms with van der Waals surface area (Å²) in [5, 5.41) is 15.1. The lowest BCUT2D eigenvalue weighted by Gasteiger charge is -2.05. The van der Waals surface area contributed by atoms with E-state index in [0.29, 0.717) is 12.1 Å². The zero-order chi connectivity index (χ0) is 19.5. The molecule has 0 radical (unpaired) electrons. The molecule has 0 aliphatic carbocycles. The smallest absolute Gasteiger partial charge is 0.231 e. The molecule has 1 amide bonds. The number of hydrogen-bond acceptors (Lipinski definition) is 7. The number of rotatable bonds is 7. The number of benzene rings is 2. The third kappa shape index (κ3) is 4.07. The highest BCUT2D eigenvalue weighted by molar-refractivity contribution is 8.01. The molecule has 1 aliphatic heterocycles. The number of hydrogen-bond donors (Lipinski definition) is 2. The van der Waals surface area contributed by atoms with Crippen molar-refractivity contribution in [3.63, 3.8) is 0 Å². The van der Waals surface area contributed by atoms with Crippen molar-refractivity contribution in [3.05, 3.63) is 65.2 Å². The van der Waals surface area contributed by atoms with Crippen LogP contribution in [0.1, 0.15) is 34.3 Å². The van der Waals surface area contributed by atoms with Gasteiger partial charge in [-0.05, 0) is 36.2 Å². The summed E-state index contributed by atoms with van der Waals surface area (Å²) in [5.74, 6) is 0.0329. The Bertz CT molecular complexity index is 1020. The zero-order valence-electron chi connectivity index (χ0n) is 15.1. The molecule has 1 atom stereocenters. The number of fused-ring (bicyclic) bond motifs is 1. The number of aromatic nitrogens is 2. The third-order valence-electron chi connectivity index (χ3n) is 4.51. The molecule has 0 saturated heterocycles. The summed E-state index contributed by atoms with van der Waals surface area (Å²) in [6.07, 6.45) is 0. The molecule has 2 aromatic carbocycles. The molecule has 1 aromatic heterocycles. The van der Waals surface area contributed by atoms with Crippen molar-refractivity contribution in [2.24, 2.45) is 0 Å². The monoisotopic (exact) mass is 410 g/mol. The topological polar surface area (TPSA) is 84.0 Å². The van der Waals surface area contributed by atoms with Crippen molar-refractivity contribution < 1.29 is 9.59 Å². The zero-order valence-corrected chi connectivity index (χ0v) is 16.8. The Hall–Kier alpha value is -2.71. The molecule has 142 valence electrons. The highest BCUT2D eigenvalue weighted by Gasteiger charge is 2.27. The SMILES string of the molecule is C[C@H]1C(=O)Nc2ccc(C(=O)CSc3nnc(NCc4ccccc4)s3)cc21. The number of carbonyl (C=O) groups excluding carboxylic acids is 2. The largest absolute Gasteiger partial charge is 0.356 e. The first kappa shape index (κ1) is 18.6. The molecule has 0 saturated carbocycles. The fourth-order valence-electron chi connectivity index (χ4n) is 2.91. The summed E-state index contributed by atoms with van der Waals surface area (Å²) < 4.78 is 0.746. The molecular weight excluding hydrogens is 392 g/mol. The van der Waals surface area contributed by atoms with E-state index in [-0.39, 0.29) is 23.4 Å². The van der Waals surface area contributed by atoms with Crippen LogP contribution in [-0.4, -0.2) is 27.6 Å². The summed E-state index contributed by atoms with van der Waals surface area (Å²) in [4.78, 5) is 24.3. The molecule has 1 aliphatic rings. The van der Waals surface area contributed by atoms with Crippen molar-refractivity contribution in [2.45, 2.75) is 23.7 Å². The van der Waals surface area contributed by atoms with Gasteiger partial charge in [-0.15, -0.1) is 10.2 Å². The number of nitrogens with zero attached hydrogens (tertiary/aromatic N) is 2. The summed E-state index contributed by atoms with van der Waals surface area (Å²) in [6.45, 7) is 2.52.